The monoisotopic (exact) mass is 226 g/mol. The van der Waals surface area contributed by atoms with Gasteiger partial charge in [-0.1, -0.05) is 85.5 Å². The third kappa shape index (κ3) is 10.5. The molecule has 0 aromatic carbocycles. The van der Waals surface area contributed by atoms with Crippen molar-refractivity contribution in [3.63, 3.8) is 0 Å². The van der Waals surface area contributed by atoms with Gasteiger partial charge >= 0.3 is 0 Å². The molecule has 0 aromatic heterocycles. The molecule has 0 fully saturated rings. The van der Waals surface area contributed by atoms with Crippen LogP contribution in [-0.4, -0.2) is 0 Å². The van der Waals surface area contributed by atoms with Crippen molar-refractivity contribution in [2.45, 2.75) is 91.9 Å². The lowest BCUT2D eigenvalue weighted by molar-refractivity contribution is 0.360. The Balaban J connectivity index is 3.32. The van der Waals surface area contributed by atoms with E-state index < -0.39 is 0 Å². The van der Waals surface area contributed by atoms with Gasteiger partial charge in [0.15, 0.2) is 0 Å². The molecule has 0 amide bonds. The van der Waals surface area contributed by atoms with E-state index in [1.165, 1.54) is 64.2 Å². The third-order valence-electron chi connectivity index (χ3n) is 3.66. The Morgan fingerprint density at radius 3 is 1.69 bits per heavy atom. The minimum absolute atomic E-state index is 0.950. The first-order valence-electron chi connectivity index (χ1n) is 7.70. The fourth-order valence-electron chi connectivity index (χ4n) is 2.57. The average Bonchev–Trinajstić information content (AvgIpc) is 2.26. The second kappa shape index (κ2) is 11.5. The summed E-state index contributed by atoms with van der Waals surface area (Å²) in [5.41, 5.74) is 0. The van der Waals surface area contributed by atoms with Gasteiger partial charge in [0.05, 0.1) is 0 Å². The number of hydrogen-bond acceptors (Lipinski definition) is 0. The molecule has 0 radical (unpaired) electrons. The Labute approximate surface area is 104 Å². The first-order chi connectivity index (χ1) is 7.70. The van der Waals surface area contributed by atoms with E-state index >= 15 is 0 Å². The van der Waals surface area contributed by atoms with Gasteiger partial charge in [0.25, 0.3) is 0 Å². The lowest BCUT2D eigenvalue weighted by Crippen LogP contribution is -2.03. The van der Waals surface area contributed by atoms with Crippen LogP contribution in [0.4, 0.5) is 0 Å². The maximum Gasteiger partial charge on any atom is -0.0440 e. The second-order valence-corrected chi connectivity index (χ2v) is 5.79. The molecule has 16 heavy (non-hydrogen) atoms. The van der Waals surface area contributed by atoms with Gasteiger partial charge in [0.1, 0.15) is 0 Å². The molecule has 2 unspecified atom stereocenters. The Morgan fingerprint density at radius 2 is 1.12 bits per heavy atom. The van der Waals surface area contributed by atoms with Crippen molar-refractivity contribution in [1.82, 2.24) is 0 Å². The zero-order valence-electron chi connectivity index (χ0n) is 12.2. The maximum absolute atomic E-state index is 2.45. The fourth-order valence-corrected chi connectivity index (χ4v) is 2.57. The topological polar surface area (TPSA) is 0 Å². The molecule has 0 aliphatic heterocycles. The highest BCUT2D eigenvalue weighted by Gasteiger charge is 2.08. The number of hydrogen-bond donors (Lipinski definition) is 0. The maximum atomic E-state index is 2.45. The minimum Gasteiger partial charge on any atom is -0.0654 e. The summed E-state index contributed by atoms with van der Waals surface area (Å²) in [4.78, 5) is 0. The summed E-state index contributed by atoms with van der Waals surface area (Å²) in [6.07, 6.45) is 14.3. The number of unbranched alkanes of at least 4 members (excludes halogenated alkanes) is 5. The van der Waals surface area contributed by atoms with E-state index in [4.69, 9.17) is 0 Å². The lowest BCUT2D eigenvalue weighted by atomic mass is 9.90. The van der Waals surface area contributed by atoms with Crippen LogP contribution in [0, 0.1) is 11.8 Å². The summed E-state index contributed by atoms with van der Waals surface area (Å²) in [7, 11) is 0. The first kappa shape index (κ1) is 16.0. The van der Waals surface area contributed by atoms with Gasteiger partial charge in [-0.3, -0.25) is 0 Å². The minimum atomic E-state index is 0.950. The van der Waals surface area contributed by atoms with Crippen LogP contribution in [0.2, 0.25) is 0 Å². The van der Waals surface area contributed by atoms with Crippen LogP contribution < -0.4 is 0 Å². The highest BCUT2D eigenvalue weighted by Crippen LogP contribution is 2.22. The van der Waals surface area contributed by atoms with Gasteiger partial charge in [-0.05, 0) is 18.3 Å². The summed E-state index contributed by atoms with van der Waals surface area (Å²) in [5, 5.41) is 0. The van der Waals surface area contributed by atoms with Gasteiger partial charge < -0.3 is 0 Å². The summed E-state index contributed by atoms with van der Waals surface area (Å²) in [6.45, 7) is 9.47. The van der Waals surface area contributed by atoms with E-state index in [-0.39, 0.29) is 0 Å². The van der Waals surface area contributed by atoms with Gasteiger partial charge in [-0.25, -0.2) is 0 Å². The van der Waals surface area contributed by atoms with E-state index in [1.54, 1.807) is 0 Å². The van der Waals surface area contributed by atoms with Crippen molar-refractivity contribution in [1.29, 1.82) is 0 Å². The van der Waals surface area contributed by atoms with Crippen LogP contribution in [0.15, 0.2) is 0 Å². The van der Waals surface area contributed by atoms with Gasteiger partial charge in [0.2, 0.25) is 0 Å². The van der Waals surface area contributed by atoms with Crippen LogP contribution in [-0.2, 0) is 0 Å². The second-order valence-electron chi connectivity index (χ2n) is 5.79. The van der Waals surface area contributed by atoms with E-state index in [0.717, 1.165) is 11.8 Å². The molecular weight excluding hydrogens is 192 g/mol. The quantitative estimate of drug-likeness (QED) is 0.368. The molecule has 0 heteroatoms. The molecule has 2 atom stereocenters. The zero-order chi connectivity index (χ0) is 12.2. The van der Waals surface area contributed by atoms with E-state index in [9.17, 15) is 0 Å². The predicted octanol–water partition coefficient (Wildman–Crippen LogP) is 6.20. The van der Waals surface area contributed by atoms with E-state index in [1.807, 2.05) is 0 Å². The molecule has 98 valence electrons. The van der Waals surface area contributed by atoms with Crippen LogP contribution >= 0.6 is 0 Å². The fraction of sp³-hybridized carbons (Fsp3) is 1.00. The highest BCUT2D eigenvalue weighted by molar-refractivity contribution is 4.60. The van der Waals surface area contributed by atoms with Crippen molar-refractivity contribution in [3.05, 3.63) is 0 Å². The molecular formula is C16H34. The Kier molecular flexibility index (Phi) is 11.5. The Bertz CT molecular complexity index is 128. The molecule has 0 N–H and O–H groups in total. The number of rotatable bonds is 11. The van der Waals surface area contributed by atoms with E-state index in [0.29, 0.717) is 0 Å². The van der Waals surface area contributed by atoms with Crippen LogP contribution in [0.25, 0.3) is 0 Å². The van der Waals surface area contributed by atoms with Gasteiger partial charge in [0, 0.05) is 0 Å². The molecule has 0 nitrogen and oxygen atoms in total. The first-order valence-corrected chi connectivity index (χ1v) is 7.70. The smallest absolute Gasteiger partial charge is 0.0440 e. The predicted molar refractivity (Wildman–Crippen MR) is 75.8 cm³/mol. The zero-order valence-corrected chi connectivity index (χ0v) is 12.2. The molecule has 0 spiro atoms. The SMILES string of the molecule is CCCCCCCC(C)CC(C)CCCC. The Hall–Kier alpha value is 0. The highest BCUT2D eigenvalue weighted by atomic mass is 14.1. The van der Waals surface area contributed by atoms with Crippen molar-refractivity contribution in [2.75, 3.05) is 0 Å². The third-order valence-corrected chi connectivity index (χ3v) is 3.66. The summed E-state index contributed by atoms with van der Waals surface area (Å²) < 4.78 is 0. The lowest BCUT2D eigenvalue weighted by Gasteiger charge is -2.16. The molecule has 0 heterocycles. The van der Waals surface area contributed by atoms with Crippen LogP contribution in [0.5, 0.6) is 0 Å². The summed E-state index contributed by atoms with van der Waals surface area (Å²) in [6, 6.07) is 0. The molecule has 0 bridgehead atoms. The molecule has 0 aromatic rings. The molecule has 0 aliphatic rings. The van der Waals surface area contributed by atoms with Gasteiger partial charge in [-0.15, -0.1) is 0 Å². The van der Waals surface area contributed by atoms with Crippen molar-refractivity contribution in [3.8, 4) is 0 Å². The summed E-state index contributed by atoms with van der Waals surface area (Å²) >= 11 is 0. The molecule has 0 rings (SSSR count). The largest absolute Gasteiger partial charge is 0.0654 e. The standard InChI is InChI=1S/C16H34/c1-5-7-9-10-11-13-16(4)14-15(3)12-8-6-2/h15-16H,5-14H2,1-4H3. The van der Waals surface area contributed by atoms with Crippen molar-refractivity contribution >= 4 is 0 Å². The average molecular weight is 226 g/mol. The normalized spacial score (nSPS) is 15.0. The molecule has 0 saturated heterocycles. The van der Waals surface area contributed by atoms with E-state index in [2.05, 4.69) is 27.7 Å². The Morgan fingerprint density at radius 1 is 0.625 bits per heavy atom. The van der Waals surface area contributed by atoms with Gasteiger partial charge in [-0.2, -0.15) is 0 Å². The van der Waals surface area contributed by atoms with Crippen LogP contribution in [0.3, 0.4) is 0 Å². The van der Waals surface area contributed by atoms with Crippen molar-refractivity contribution in [2.24, 2.45) is 11.8 Å². The molecule has 0 saturated carbocycles. The van der Waals surface area contributed by atoms with Crippen LogP contribution in [0.1, 0.15) is 91.9 Å². The summed E-state index contributed by atoms with van der Waals surface area (Å²) in [5.74, 6) is 1.90. The molecule has 0 aliphatic carbocycles. The van der Waals surface area contributed by atoms with Crippen molar-refractivity contribution < 1.29 is 0 Å².